The number of anilines is 1. The van der Waals surface area contributed by atoms with Crippen LogP contribution in [0.3, 0.4) is 0 Å². The second-order valence-corrected chi connectivity index (χ2v) is 6.06. The van der Waals surface area contributed by atoms with Crippen LogP contribution < -0.4 is 4.90 Å². The summed E-state index contributed by atoms with van der Waals surface area (Å²) in [5, 5.41) is 10.3. The van der Waals surface area contributed by atoms with E-state index in [0.29, 0.717) is 13.1 Å². The summed E-state index contributed by atoms with van der Waals surface area (Å²) in [5.74, 6) is 0. The third-order valence-corrected chi connectivity index (χ3v) is 3.74. The topological polar surface area (TPSA) is 26.7 Å². The molecule has 1 atom stereocenters. The molecule has 0 bridgehead atoms. The van der Waals surface area contributed by atoms with Crippen molar-refractivity contribution in [1.29, 1.82) is 0 Å². The molecule has 22 heavy (non-hydrogen) atoms. The van der Waals surface area contributed by atoms with Gasteiger partial charge < -0.3 is 10.0 Å². The molecule has 3 heteroatoms. The zero-order valence-corrected chi connectivity index (χ0v) is 13.7. The molecule has 0 aliphatic carbocycles. The van der Waals surface area contributed by atoms with Crippen molar-refractivity contribution >= 4 is 5.69 Å². The lowest BCUT2D eigenvalue weighted by molar-refractivity contribution is 0.128. The summed E-state index contributed by atoms with van der Waals surface area (Å²) >= 11 is 0. The van der Waals surface area contributed by atoms with Crippen molar-refractivity contribution < 1.29 is 5.11 Å². The first-order chi connectivity index (χ1) is 10.5. The molecule has 0 aromatic heterocycles. The molecule has 0 radical (unpaired) electrons. The van der Waals surface area contributed by atoms with Gasteiger partial charge in [0.15, 0.2) is 0 Å². The molecule has 0 saturated carbocycles. The Hall–Kier alpha value is -1.84. The molecular formula is C19H26N2O. The molecule has 118 valence electrons. The molecule has 2 rings (SSSR count). The molecule has 1 N–H and O–H groups in total. The van der Waals surface area contributed by atoms with Gasteiger partial charge in [0.2, 0.25) is 0 Å². The number of hydrogen-bond acceptors (Lipinski definition) is 3. The summed E-state index contributed by atoms with van der Waals surface area (Å²) in [4.78, 5) is 4.26. The van der Waals surface area contributed by atoms with Gasteiger partial charge in [0.1, 0.15) is 0 Å². The van der Waals surface area contributed by atoms with Gasteiger partial charge in [-0.15, -0.1) is 0 Å². The molecule has 2 aromatic carbocycles. The van der Waals surface area contributed by atoms with Crippen LogP contribution in [0.1, 0.15) is 11.1 Å². The van der Waals surface area contributed by atoms with Crippen LogP contribution in [-0.2, 0) is 6.54 Å². The van der Waals surface area contributed by atoms with E-state index in [2.05, 4.69) is 53.1 Å². The van der Waals surface area contributed by atoms with Crippen LogP contribution in [0, 0.1) is 6.92 Å². The first-order valence-corrected chi connectivity index (χ1v) is 7.73. The lowest BCUT2D eigenvalue weighted by Crippen LogP contribution is -2.37. The zero-order valence-electron chi connectivity index (χ0n) is 13.7. The number of likely N-dealkylation sites (N-methyl/N-ethyl adjacent to an activating group) is 2. The third kappa shape index (κ3) is 5.17. The van der Waals surface area contributed by atoms with Crippen molar-refractivity contribution in [3.05, 3.63) is 65.7 Å². The molecule has 0 fully saturated rings. The van der Waals surface area contributed by atoms with Gasteiger partial charge in [-0.2, -0.15) is 0 Å². The van der Waals surface area contributed by atoms with Gasteiger partial charge in [-0.1, -0.05) is 42.5 Å². The standard InChI is InChI=1S/C19H26N2O/c1-16-8-7-11-18(12-16)21(3)15-19(22)14-20(2)13-17-9-5-4-6-10-17/h4-12,19,22H,13-15H2,1-3H3. The summed E-state index contributed by atoms with van der Waals surface area (Å²) in [6.07, 6.45) is -0.376. The van der Waals surface area contributed by atoms with E-state index in [9.17, 15) is 5.11 Å². The number of aliphatic hydroxyl groups is 1. The second kappa shape index (κ2) is 7.97. The molecule has 2 aromatic rings. The Morgan fingerprint density at radius 3 is 2.36 bits per heavy atom. The average Bonchev–Trinajstić information content (AvgIpc) is 2.47. The minimum atomic E-state index is -0.376. The molecule has 1 unspecified atom stereocenters. The van der Waals surface area contributed by atoms with E-state index >= 15 is 0 Å². The summed E-state index contributed by atoms with van der Waals surface area (Å²) in [5.41, 5.74) is 3.65. The van der Waals surface area contributed by atoms with Gasteiger partial charge in [-0.3, -0.25) is 4.90 Å². The number of hydrogen-bond donors (Lipinski definition) is 1. The second-order valence-electron chi connectivity index (χ2n) is 6.06. The Morgan fingerprint density at radius 2 is 1.68 bits per heavy atom. The summed E-state index contributed by atoms with van der Waals surface area (Å²) < 4.78 is 0. The largest absolute Gasteiger partial charge is 0.390 e. The van der Waals surface area contributed by atoms with E-state index in [0.717, 1.165) is 12.2 Å². The minimum absolute atomic E-state index is 0.376. The SMILES string of the molecule is Cc1cccc(N(C)CC(O)CN(C)Cc2ccccc2)c1. The lowest BCUT2D eigenvalue weighted by atomic mass is 10.2. The van der Waals surface area contributed by atoms with E-state index < -0.39 is 0 Å². The quantitative estimate of drug-likeness (QED) is 0.851. The van der Waals surface area contributed by atoms with E-state index in [4.69, 9.17) is 0 Å². The van der Waals surface area contributed by atoms with Gasteiger partial charge in [0.05, 0.1) is 6.10 Å². The van der Waals surface area contributed by atoms with Crippen molar-refractivity contribution in [2.45, 2.75) is 19.6 Å². The molecule has 0 amide bonds. The molecule has 3 nitrogen and oxygen atoms in total. The van der Waals surface area contributed by atoms with Crippen LogP contribution in [-0.4, -0.2) is 43.3 Å². The predicted octanol–water partition coefficient (Wildman–Crippen LogP) is 2.92. The van der Waals surface area contributed by atoms with Crippen LogP contribution in [0.25, 0.3) is 0 Å². The average molecular weight is 298 g/mol. The van der Waals surface area contributed by atoms with Crippen LogP contribution in [0.15, 0.2) is 54.6 Å². The van der Waals surface area contributed by atoms with Crippen LogP contribution in [0.4, 0.5) is 5.69 Å². The van der Waals surface area contributed by atoms with Gasteiger partial charge in [0, 0.05) is 32.4 Å². The fraction of sp³-hybridized carbons (Fsp3) is 0.368. The Balaban J connectivity index is 1.83. The number of aryl methyl sites for hydroxylation is 1. The van der Waals surface area contributed by atoms with Crippen LogP contribution >= 0.6 is 0 Å². The van der Waals surface area contributed by atoms with Crippen molar-refractivity contribution in [3.8, 4) is 0 Å². The molecule has 0 heterocycles. The Labute approximate surface area is 133 Å². The van der Waals surface area contributed by atoms with Gasteiger partial charge in [-0.25, -0.2) is 0 Å². The van der Waals surface area contributed by atoms with Crippen molar-refractivity contribution in [1.82, 2.24) is 4.90 Å². The van der Waals surface area contributed by atoms with Gasteiger partial charge in [-0.05, 0) is 37.2 Å². The Bertz CT molecular complexity index is 571. The number of nitrogens with zero attached hydrogens (tertiary/aromatic N) is 2. The van der Waals surface area contributed by atoms with E-state index in [1.807, 2.05) is 32.3 Å². The van der Waals surface area contributed by atoms with Gasteiger partial charge >= 0.3 is 0 Å². The van der Waals surface area contributed by atoms with Crippen molar-refractivity contribution in [3.63, 3.8) is 0 Å². The van der Waals surface area contributed by atoms with E-state index in [1.165, 1.54) is 11.1 Å². The third-order valence-electron chi connectivity index (χ3n) is 3.74. The number of aliphatic hydroxyl groups excluding tert-OH is 1. The molecule has 0 aliphatic rings. The highest BCUT2D eigenvalue weighted by atomic mass is 16.3. The van der Waals surface area contributed by atoms with Crippen molar-refractivity contribution in [2.24, 2.45) is 0 Å². The predicted molar refractivity (Wildman–Crippen MR) is 93.2 cm³/mol. The first-order valence-electron chi connectivity index (χ1n) is 7.73. The summed E-state index contributed by atoms with van der Waals surface area (Å²) in [6, 6.07) is 18.7. The highest BCUT2D eigenvalue weighted by Gasteiger charge is 2.12. The fourth-order valence-corrected chi connectivity index (χ4v) is 2.66. The van der Waals surface area contributed by atoms with E-state index in [-0.39, 0.29) is 6.10 Å². The molecule has 0 spiro atoms. The molecule has 0 aliphatic heterocycles. The highest BCUT2D eigenvalue weighted by Crippen LogP contribution is 2.14. The summed E-state index contributed by atoms with van der Waals surface area (Å²) in [7, 11) is 4.07. The zero-order chi connectivity index (χ0) is 15.9. The van der Waals surface area contributed by atoms with Crippen LogP contribution in [0.5, 0.6) is 0 Å². The fourth-order valence-electron chi connectivity index (χ4n) is 2.66. The maximum atomic E-state index is 10.3. The first kappa shape index (κ1) is 16.5. The molecular weight excluding hydrogens is 272 g/mol. The van der Waals surface area contributed by atoms with Crippen LogP contribution in [0.2, 0.25) is 0 Å². The Morgan fingerprint density at radius 1 is 0.955 bits per heavy atom. The highest BCUT2D eigenvalue weighted by molar-refractivity contribution is 5.47. The monoisotopic (exact) mass is 298 g/mol. The summed E-state index contributed by atoms with van der Waals surface area (Å²) in [6.45, 7) is 4.22. The lowest BCUT2D eigenvalue weighted by Gasteiger charge is -2.26. The Kier molecular flexibility index (Phi) is 5.99. The normalized spacial score (nSPS) is 12.4. The number of benzene rings is 2. The maximum Gasteiger partial charge on any atom is 0.0841 e. The van der Waals surface area contributed by atoms with Crippen molar-refractivity contribution in [2.75, 3.05) is 32.1 Å². The minimum Gasteiger partial charge on any atom is -0.390 e. The van der Waals surface area contributed by atoms with Gasteiger partial charge in [0.25, 0.3) is 0 Å². The van der Waals surface area contributed by atoms with E-state index in [1.54, 1.807) is 0 Å². The molecule has 0 saturated heterocycles. The smallest absolute Gasteiger partial charge is 0.0841 e. The number of rotatable bonds is 7. The maximum absolute atomic E-state index is 10.3.